The van der Waals surface area contributed by atoms with Gasteiger partial charge in [-0.15, -0.1) is 0 Å². The van der Waals surface area contributed by atoms with Crippen molar-refractivity contribution < 1.29 is 4.79 Å². The van der Waals surface area contributed by atoms with Crippen LogP contribution in [0.4, 0.5) is 0 Å². The maximum Gasteiger partial charge on any atom is 0.121 e. The molecule has 2 heteroatoms. The predicted molar refractivity (Wildman–Crippen MR) is 31.5 cm³/mol. The summed E-state index contributed by atoms with van der Waals surface area (Å²) in [5, 5.41) is 0. The fourth-order valence-electron chi connectivity index (χ4n) is 1.00. The summed E-state index contributed by atoms with van der Waals surface area (Å²) in [5.41, 5.74) is 5.59. The third kappa shape index (κ3) is 0.892. The van der Waals surface area contributed by atoms with Crippen molar-refractivity contribution in [3.63, 3.8) is 0 Å². The largest absolute Gasteiger partial charge is 0.325 e. The first-order valence-electron chi connectivity index (χ1n) is 2.99. The number of nitrogens with two attached hydrogens (primary N) is 1. The molecule has 2 nitrogen and oxygen atoms in total. The Morgan fingerprint density at radius 1 is 1.62 bits per heavy atom. The molecule has 1 aliphatic rings. The van der Waals surface area contributed by atoms with Gasteiger partial charge in [0.1, 0.15) is 6.29 Å². The number of aldehydes is 1. The lowest BCUT2D eigenvalue weighted by atomic mass is 9.76. The van der Waals surface area contributed by atoms with Crippen LogP contribution < -0.4 is 5.73 Å². The average Bonchev–Trinajstić information content (AvgIpc) is 1.64. The van der Waals surface area contributed by atoms with E-state index in [9.17, 15) is 4.79 Å². The Bertz CT molecular complexity index is 96.7. The molecule has 1 fully saturated rings. The SMILES string of the molecule is NC1(CC=O)CCC1. The van der Waals surface area contributed by atoms with Crippen LogP contribution in [0.25, 0.3) is 0 Å². The molecular formula is C6H11NO. The first-order valence-corrected chi connectivity index (χ1v) is 2.99. The summed E-state index contributed by atoms with van der Waals surface area (Å²) in [5.74, 6) is 0. The lowest BCUT2D eigenvalue weighted by Crippen LogP contribution is -2.46. The Morgan fingerprint density at radius 3 is 2.38 bits per heavy atom. The predicted octanol–water partition coefficient (Wildman–Crippen LogP) is 0.457. The van der Waals surface area contributed by atoms with E-state index >= 15 is 0 Å². The second kappa shape index (κ2) is 1.86. The standard InChI is InChI=1S/C6H11NO/c7-6(4-5-8)2-1-3-6/h5H,1-4,7H2. The molecule has 1 saturated carbocycles. The van der Waals surface area contributed by atoms with Crippen LogP contribution in [0, 0.1) is 0 Å². The van der Waals surface area contributed by atoms with Gasteiger partial charge >= 0.3 is 0 Å². The summed E-state index contributed by atoms with van der Waals surface area (Å²) < 4.78 is 0. The van der Waals surface area contributed by atoms with Gasteiger partial charge in [0.15, 0.2) is 0 Å². The molecule has 0 unspecified atom stereocenters. The van der Waals surface area contributed by atoms with Crippen molar-refractivity contribution in [1.29, 1.82) is 0 Å². The zero-order valence-electron chi connectivity index (χ0n) is 4.89. The summed E-state index contributed by atoms with van der Waals surface area (Å²) in [6.45, 7) is 0. The van der Waals surface area contributed by atoms with E-state index in [1.807, 2.05) is 0 Å². The molecule has 0 aromatic carbocycles. The van der Waals surface area contributed by atoms with Crippen molar-refractivity contribution in [1.82, 2.24) is 0 Å². The quantitative estimate of drug-likeness (QED) is 0.528. The van der Waals surface area contributed by atoms with Crippen molar-refractivity contribution in [2.24, 2.45) is 5.73 Å². The van der Waals surface area contributed by atoms with E-state index in [2.05, 4.69) is 0 Å². The van der Waals surface area contributed by atoms with Crippen molar-refractivity contribution in [3.05, 3.63) is 0 Å². The van der Waals surface area contributed by atoms with Crippen LogP contribution in [0.2, 0.25) is 0 Å². The fraction of sp³-hybridized carbons (Fsp3) is 0.833. The van der Waals surface area contributed by atoms with Crippen molar-refractivity contribution in [2.45, 2.75) is 31.2 Å². The molecule has 1 rings (SSSR count). The highest BCUT2D eigenvalue weighted by Crippen LogP contribution is 2.30. The van der Waals surface area contributed by atoms with Gasteiger partial charge < -0.3 is 10.5 Å². The minimum atomic E-state index is -0.0955. The molecule has 46 valence electrons. The molecule has 0 radical (unpaired) electrons. The number of carbonyl (C=O) groups is 1. The lowest BCUT2D eigenvalue weighted by molar-refractivity contribution is -0.109. The van der Waals surface area contributed by atoms with Crippen LogP contribution in [0.1, 0.15) is 25.7 Å². The highest BCUT2D eigenvalue weighted by atomic mass is 16.1. The maximum absolute atomic E-state index is 9.93. The molecule has 8 heavy (non-hydrogen) atoms. The third-order valence-corrected chi connectivity index (χ3v) is 1.84. The van der Waals surface area contributed by atoms with Gasteiger partial charge in [0.25, 0.3) is 0 Å². The Kier molecular flexibility index (Phi) is 1.34. The molecule has 0 atom stereocenters. The third-order valence-electron chi connectivity index (χ3n) is 1.84. The van der Waals surface area contributed by atoms with Gasteiger partial charge in [-0.25, -0.2) is 0 Å². The molecule has 0 bridgehead atoms. The summed E-state index contributed by atoms with van der Waals surface area (Å²) in [6.07, 6.45) is 4.73. The molecule has 0 spiro atoms. The zero-order chi connectivity index (χ0) is 6.04. The topological polar surface area (TPSA) is 43.1 Å². The Hall–Kier alpha value is -0.370. The molecule has 0 amide bonds. The molecule has 0 aromatic rings. The van der Waals surface area contributed by atoms with Gasteiger partial charge in [-0.1, -0.05) is 0 Å². The molecule has 0 heterocycles. The summed E-state index contributed by atoms with van der Waals surface area (Å²) in [7, 11) is 0. The monoisotopic (exact) mass is 113 g/mol. The summed E-state index contributed by atoms with van der Waals surface area (Å²) in [6, 6.07) is 0. The van der Waals surface area contributed by atoms with Gasteiger partial charge in [-0.05, 0) is 19.3 Å². The number of hydrogen-bond acceptors (Lipinski definition) is 2. The van der Waals surface area contributed by atoms with Crippen LogP contribution in [0.3, 0.4) is 0 Å². The van der Waals surface area contributed by atoms with Gasteiger partial charge in [0.2, 0.25) is 0 Å². The molecule has 0 saturated heterocycles. The van der Waals surface area contributed by atoms with Gasteiger partial charge in [-0.2, -0.15) is 0 Å². The van der Waals surface area contributed by atoms with Gasteiger partial charge in [0.05, 0.1) is 0 Å². The van der Waals surface area contributed by atoms with E-state index in [0.717, 1.165) is 19.1 Å². The second-order valence-electron chi connectivity index (χ2n) is 2.59. The van der Waals surface area contributed by atoms with E-state index in [0.29, 0.717) is 6.42 Å². The average molecular weight is 113 g/mol. The first kappa shape index (κ1) is 5.76. The zero-order valence-corrected chi connectivity index (χ0v) is 4.89. The number of hydrogen-bond donors (Lipinski definition) is 1. The summed E-state index contributed by atoms with van der Waals surface area (Å²) in [4.78, 5) is 9.93. The normalized spacial score (nSPS) is 24.1. The van der Waals surface area contributed by atoms with Crippen LogP contribution in [0.5, 0.6) is 0 Å². The van der Waals surface area contributed by atoms with Crippen molar-refractivity contribution in [3.8, 4) is 0 Å². The molecule has 0 aromatic heterocycles. The van der Waals surface area contributed by atoms with Crippen LogP contribution in [-0.4, -0.2) is 11.8 Å². The fourth-order valence-corrected chi connectivity index (χ4v) is 1.00. The highest BCUT2D eigenvalue weighted by Gasteiger charge is 2.31. The smallest absolute Gasteiger partial charge is 0.121 e. The maximum atomic E-state index is 9.93. The number of rotatable bonds is 2. The lowest BCUT2D eigenvalue weighted by Gasteiger charge is -2.36. The van der Waals surface area contributed by atoms with E-state index in [4.69, 9.17) is 5.73 Å². The minimum Gasteiger partial charge on any atom is -0.325 e. The van der Waals surface area contributed by atoms with Gasteiger partial charge in [0, 0.05) is 12.0 Å². The van der Waals surface area contributed by atoms with E-state index < -0.39 is 0 Å². The second-order valence-corrected chi connectivity index (χ2v) is 2.59. The Labute approximate surface area is 49.1 Å². The summed E-state index contributed by atoms with van der Waals surface area (Å²) >= 11 is 0. The van der Waals surface area contributed by atoms with Crippen LogP contribution in [0.15, 0.2) is 0 Å². The van der Waals surface area contributed by atoms with E-state index in [1.165, 1.54) is 6.42 Å². The highest BCUT2D eigenvalue weighted by molar-refractivity contribution is 5.52. The van der Waals surface area contributed by atoms with Gasteiger partial charge in [-0.3, -0.25) is 0 Å². The first-order chi connectivity index (χ1) is 3.77. The molecule has 1 aliphatic carbocycles. The molecule has 2 N–H and O–H groups in total. The Morgan fingerprint density at radius 2 is 2.25 bits per heavy atom. The van der Waals surface area contributed by atoms with Crippen LogP contribution in [-0.2, 0) is 4.79 Å². The van der Waals surface area contributed by atoms with Crippen molar-refractivity contribution in [2.75, 3.05) is 0 Å². The number of carbonyl (C=O) groups excluding carboxylic acids is 1. The van der Waals surface area contributed by atoms with Crippen molar-refractivity contribution >= 4 is 6.29 Å². The minimum absolute atomic E-state index is 0.0955. The van der Waals surface area contributed by atoms with E-state index in [-0.39, 0.29) is 5.54 Å². The molecular weight excluding hydrogens is 102 g/mol. The Balaban J connectivity index is 2.29. The molecule has 0 aliphatic heterocycles. The van der Waals surface area contributed by atoms with Crippen LogP contribution >= 0.6 is 0 Å². The van der Waals surface area contributed by atoms with E-state index in [1.54, 1.807) is 0 Å².